The average molecular weight is 434 g/mol. The molecule has 3 aliphatic rings. The highest BCUT2D eigenvalue weighted by atomic mass is 16.7. The van der Waals surface area contributed by atoms with Gasteiger partial charge < -0.3 is 29.4 Å². The first-order valence-electron chi connectivity index (χ1n) is 11.2. The van der Waals surface area contributed by atoms with Crippen molar-refractivity contribution in [2.75, 3.05) is 33.0 Å². The number of ether oxygens (including phenoxy) is 4. The summed E-state index contributed by atoms with van der Waals surface area (Å²) in [4.78, 5) is 23.4. The van der Waals surface area contributed by atoms with Gasteiger partial charge in [-0.2, -0.15) is 0 Å². The van der Waals surface area contributed by atoms with Crippen LogP contribution in [0.4, 0.5) is 0 Å². The summed E-state index contributed by atoms with van der Waals surface area (Å²) in [5.41, 5.74) is 2.85. The van der Waals surface area contributed by atoms with Crippen LogP contribution in [0.25, 0.3) is 0 Å². The van der Waals surface area contributed by atoms with Crippen LogP contribution in [0.1, 0.15) is 61.4 Å². The van der Waals surface area contributed by atoms with Crippen molar-refractivity contribution < 1.29 is 33.6 Å². The molecule has 0 atom stereocenters. The number of benzene rings is 1. The topological polar surface area (TPSA) is 103 Å². The van der Waals surface area contributed by atoms with Crippen LogP contribution in [0.15, 0.2) is 18.2 Å². The minimum Gasteiger partial charge on any atom is -0.481 e. The molecule has 1 aromatic rings. The second-order valence-electron chi connectivity index (χ2n) is 8.47. The van der Waals surface area contributed by atoms with Crippen molar-refractivity contribution in [1.29, 1.82) is 0 Å². The molecule has 1 amide bonds. The van der Waals surface area contributed by atoms with Gasteiger partial charge in [-0.05, 0) is 43.6 Å². The summed E-state index contributed by atoms with van der Waals surface area (Å²) in [5, 5.41) is 12.1. The van der Waals surface area contributed by atoms with E-state index in [2.05, 4.69) is 5.32 Å². The lowest BCUT2D eigenvalue weighted by atomic mass is 9.82. The Labute approximate surface area is 182 Å². The largest absolute Gasteiger partial charge is 0.481 e. The number of amides is 1. The van der Waals surface area contributed by atoms with Crippen LogP contribution in [-0.4, -0.2) is 50.0 Å². The molecular weight excluding hydrogens is 402 g/mol. The van der Waals surface area contributed by atoms with Crippen molar-refractivity contribution in [3.63, 3.8) is 0 Å². The maximum absolute atomic E-state index is 12.4. The van der Waals surface area contributed by atoms with Crippen LogP contribution in [0.2, 0.25) is 0 Å². The van der Waals surface area contributed by atoms with Crippen LogP contribution in [-0.2, 0) is 35.0 Å². The lowest BCUT2D eigenvalue weighted by molar-refractivity contribution is -0.143. The first kappa shape index (κ1) is 22.2. The van der Waals surface area contributed by atoms with Crippen molar-refractivity contribution in [1.82, 2.24) is 5.32 Å². The van der Waals surface area contributed by atoms with Crippen LogP contribution in [0.5, 0.6) is 0 Å². The van der Waals surface area contributed by atoms with Crippen LogP contribution in [0.3, 0.4) is 0 Å². The van der Waals surface area contributed by atoms with Gasteiger partial charge >= 0.3 is 5.97 Å². The number of carbonyl (C=O) groups excluding carboxylic acids is 1. The zero-order chi connectivity index (χ0) is 21.6. The summed E-state index contributed by atoms with van der Waals surface area (Å²) < 4.78 is 22.7. The fraction of sp³-hybridized carbons (Fsp3) is 0.652. The number of carboxylic acids is 1. The molecule has 31 heavy (non-hydrogen) atoms. The fourth-order valence-corrected chi connectivity index (χ4v) is 4.49. The maximum Gasteiger partial charge on any atom is 0.306 e. The summed E-state index contributed by atoms with van der Waals surface area (Å²) in [6, 6.07) is 6.00. The summed E-state index contributed by atoms with van der Waals surface area (Å²) in [6.45, 7) is 2.86. The standard InChI is InChI=1S/C23H31NO7/c25-20(24-14-16-1-5-17(6-2-16)21(26)27)8-4-15-3-7-18(22-28-9-10-29-22)19(13-15)23-30-11-12-31-23/h3,7,13,16-17,22-23H,1-2,4-6,8-12,14H2,(H,24,25)(H,26,27). The average Bonchev–Trinajstić information content (AvgIpc) is 3.51. The predicted molar refractivity (Wildman–Crippen MR) is 110 cm³/mol. The Morgan fingerprint density at radius 3 is 2.13 bits per heavy atom. The highest BCUT2D eigenvalue weighted by molar-refractivity contribution is 5.76. The van der Waals surface area contributed by atoms with Crippen molar-refractivity contribution >= 4 is 11.9 Å². The fourth-order valence-electron chi connectivity index (χ4n) is 4.49. The molecule has 8 heteroatoms. The van der Waals surface area contributed by atoms with Gasteiger partial charge in [0.05, 0.1) is 32.3 Å². The molecule has 8 nitrogen and oxygen atoms in total. The first-order chi connectivity index (χ1) is 15.1. The van der Waals surface area contributed by atoms with Gasteiger partial charge in [0.15, 0.2) is 12.6 Å². The molecule has 2 saturated heterocycles. The summed E-state index contributed by atoms with van der Waals surface area (Å²) in [5.74, 6) is -0.542. The number of carboxylic acid groups (broad SMARTS) is 1. The van der Waals surface area contributed by atoms with E-state index >= 15 is 0 Å². The first-order valence-corrected chi connectivity index (χ1v) is 11.2. The number of rotatable bonds is 8. The molecule has 2 aliphatic heterocycles. The van der Waals surface area contributed by atoms with E-state index in [1.165, 1.54) is 0 Å². The van der Waals surface area contributed by atoms with Crippen molar-refractivity contribution in [3.05, 3.63) is 34.9 Å². The maximum atomic E-state index is 12.4. The Balaban J connectivity index is 1.28. The van der Waals surface area contributed by atoms with Crippen LogP contribution < -0.4 is 5.32 Å². The van der Waals surface area contributed by atoms with E-state index in [0.717, 1.165) is 29.5 Å². The smallest absolute Gasteiger partial charge is 0.306 e. The van der Waals surface area contributed by atoms with Crippen molar-refractivity contribution in [2.24, 2.45) is 11.8 Å². The summed E-state index contributed by atoms with van der Waals surface area (Å²) in [7, 11) is 0. The number of aryl methyl sites for hydroxylation is 1. The monoisotopic (exact) mass is 433 g/mol. The second-order valence-corrected chi connectivity index (χ2v) is 8.47. The third-order valence-corrected chi connectivity index (χ3v) is 6.33. The van der Waals surface area contributed by atoms with E-state index in [4.69, 9.17) is 24.1 Å². The molecule has 4 rings (SSSR count). The normalized spacial score (nSPS) is 25.0. The molecule has 2 heterocycles. The van der Waals surface area contributed by atoms with E-state index in [0.29, 0.717) is 64.6 Å². The number of nitrogens with one attached hydrogen (secondary N) is 1. The molecule has 0 aromatic heterocycles. The molecule has 0 spiro atoms. The zero-order valence-corrected chi connectivity index (χ0v) is 17.7. The van der Waals surface area contributed by atoms with Gasteiger partial charge in [0.1, 0.15) is 0 Å². The number of hydrogen-bond acceptors (Lipinski definition) is 6. The molecule has 1 saturated carbocycles. The molecule has 0 bridgehead atoms. The second kappa shape index (κ2) is 10.5. The summed E-state index contributed by atoms with van der Waals surface area (Å²) >= 11 is 0. The third kappa shape index (κ3) is 5.83. The Kier molecular flexibility index (Phi) is 7.55. The molecular formula is C23H31NO7. The van der Waals surface area contributed by atoms with Crippen LogP contribution >= 0.6 is 0 Å². The SMILES string of the molecule is O=C(CCc1ccc(C2OCCO2)c(C2OCCO2)c1)NCC1CCC(C(=O)O)CC1. The van der Waals surface area contributed by atoms with Gasteiger partial charge in [0.2, 0.25) is 5.91 Å². The Morgan fingerprint density at radius 2 is 1.52 bits per heavy atom. The lowest BCUT2D eigenvalue weighted by Gasteiger charge is -2.26. The van der Waals surface area contributed by atoms with Gasteiger partial charge in [-0.1, -0.05) is 18.2 Å². The van der Waals surface area contributed by atoms with Crippen LogP contribution in [0, 0.1) is 11.8 Å². The molecule has 1 aromatic carbocycles. The van der Waals surface area contributed by atoms with Gasteiger partial charge in [-0.15, -0.1) is 0 Å². The highest BCUT2D eigenvalue weighted by Gasteiger charge is 2.29. The van der Waals surface area contributed by atoms with Gasteiger partial charge in [-0.25, -0.2) is 0 Å². The highest BCUT2D eigenvalue weighted by Crippen LogP contribution is 2.34. The van der Waals surface area contributed by atoms with E-state index in [9.17, 15) is 9.59 Å². The van der Waals surface area contributed by atoms with Gasteiger partial charge in [0.25, 0.3) is 0 Å². The Hall–Kier alpha value is -2.00. The predicted octanol–water partition coefficient (Wildman–Crippen LogP) is 2.72. The van der Waals surface area contributed by atoms with Gasteiger partial charge in [0, 0.05) is 24.1 Å². The zero-order valence-electron chi connectivity index (χ0n) is 17.7. The third-order valence-electron chi connectivity index (χ3n) is 6.33. The van der Waals surface area contributed by atoms with E-state index in [1.54, 1.807) is 0 Å². The summed E-state index contributed by atoms with van der Waals surface area (Å²) in [6.07, 6.45) is 3.28. The van der Waals surface area contributed by atoms with Crippen molar-refractivity contribution in [3.8, 4) is 0 Å². The minimum absolute atomic E-state index is 0.0156. The molecule has 170 valence electrons. The van der Waals surface area contributed by atoms with E-state index in [1.807, 2.05) is 18.2 Å². The molecule has 0 unspecified atom stereocenters. The molecule has 1 aliphatic carbocycles. The Bertz CT molecular complexity index is 763. The number of aliphatic carboxylic acids is 1. The number of hydrogen-bond donors (Lipinski definition) is 2. The lowest BCUT2D eigenvalue weighted by Crippen LogP contribution is -2.32. The molecule has 3 fully saturated rings. The quantitative estimate of drug-likeness (QED) is 0.650. The van der Waals surface area contributed by atoms with Crippen molar-refractivity contribution in [2.45, 2.75) is 51.1 Å². The minimum atomic E-state index is -0.702. The number of carbonyl (C=O) groups is 2. The van der Waals surface area contributed by atoms with E-state index < -0.39 is 18.5 Å². The molecule has 0 radical (unpaired) electrons. The molecule has 2 N–H and O–H groups in total. The van der Waals surface area contributed by atoms with Gasteiger partial charge in [-0.3, -0.25) is 9.59 Å². The van der Waals surface area contributed by atoms with E-state index in [-0.39, 0.29) is 11.8 Å². The Morgan fingerprint density at radius 1 is 0.903 bits per heavy atom.